The second-order valence-electron chi connectivity index (χ2n) is 8.99. The average molecular weight is 570 g/mol. The van der Waals surface area contributed by atoms with Gasteiger partial charge in [-0.3, -0.25) is 10.1 Å². The van der Waals surface area contributed by atoms with Crippen molar-refractivity contribution in [3.8, 4) is 11.8 Å². The maximum atomic E-state index is 12.4. The maximum absolute atomic E-state index is 12.4. The molecule has 1 fully saturated rings. The predicted octanol–water partition coefficient (Wildman–Crippen LogP) is 3.01. The Morgan fingerprint density at radius 1 is 1.21 bits per heavy atom. The number of aromatic nitrogens is 1. The third-order valence-corrected chi connectivity index (χ3v) is 7.84. The Hall–Kier alpha value is -4.25. The van der Waals surface area contributed by atoms with Crippen LogP contribution in [0.5, 0.6) is 0 Å². The van der Waals surface area contributed by atoms with Crippen LogP contribution in [0.4, 0.5) is 10.5 Å². The number of halogens is 1. The highest BCUT2D eigenvalue weighted by Crippen LogP contribution is 2.42. The summed E-state index contributed by atoms with van der Waals surface area (Å²) in [7, 11) is -3.51. The van der Waals surface area contributed by atoms with Crippen LogP contribution in [0, 0.1) is 17.3 Å². The molecule has 2 N–H and O–H groups in total. The van der Waals surface area contributed by atoms with Crippen LogP contribution in [-0.2, 0) is 19.6 Å². The first-order valence-corrected chi connectivity index (χ1v) is 13.7. The number of hydrogen-bond acceptors (Lipinski definition) is 9. The van der Waals surface area contributed by atoms with Gasteiger partial charge in [0.05, 0.1) is 23.4 Å². The fourth-order valence-corrected chi connectivity index (χ4v) is 5.32. The Labute approximate surface area is 227 Å². The van der Waals surface area contributed by atoms with Crippen molar-refractivity contribution in [2.24, 2.45) is 15.4 Å². The van der Waals surface area contributed by atoms with Crippen LogP contribution >= 0.6 is 11.6 Å². The highest BCUT2D eigenvalue weighted by atomic mass is 35.5. The van der Waals surface area contributed by atoms with E-state index < -0.39 is 33.6 Å². The number of rotatable bonds is 6. The van der Waals surface area contributed by atoms with Gasteiger partial charge in [0.2, 0.25) is 10.0 Å². The Bertz CT molecular complexity index is 1690. The lowest BCUT2D eigenvalue weighted by atomic mass is 9.78. The second-order valence-corrected chi connectivity index (χ2v) is 11.4. The zero-order valence-electron chi connectivity index (χ0n) is 20.5. The van der Waals surface area contributed by atoms with E-state index in [0.29, 0.717) is 27.7 Å². The highest BCUT2D eigenvalue weighted by molar-refractivity contribution is 7.88. The summed E-state index contributed by atoms with van der Waals surface area (Å²) in [4.78, 5) is 33.1. The number of sulfonamides is 1. The monoisotopic (exact) mass is 569 g/mol. The number of carboxylic acids is 1. The number of benzene rings is 1. The number of hydrogen-bond donors (Lipinski definition) is 2. The summed E-state index contributed by atoms with van der Waals surface area (Å²) < 4.78 is 34.9. The van der Waals surface area contributed by atoms with Crippen molar-refractivity contribution < 1.29 is 32.4 Å². The summed E-state index contributed by atoms with van der Waals surface area (Å²) in [6.07, 6.45) is 3.96. The molecule has 1 aromatic heterocycles. The molecule has 1 atom stereocenters. The molecule has 0 radical (unpaired) electrons. The molecule has 39 heavy (non-hydrogen) atoms. The van der Waals surface area contributed by atoms with Gasteiger partial charge in [0.15, 0.2) is 5.69 Å². The third-order valence-electron chi connectivity index (χ3n) is 6.29. The Morgan fingerprint density at radius 2 is 1.92 bits per heavy atom. The Morgan fingerprint density at radius 3 is 2.59 bits per heavy atom. The van der Waals surface area contributed by atoms with Crippen molar-refractivity contribution in [3.05, 3.63) is 70.4 Å². The Balaban J connectivity index is 1.25. The summed E-state index contributed by atoms with van der Waals surface area (Å²) >= 11 is 6.15. The summed E-state index contributed by atoms with van der Waals surface area (Å²) in [6, 6.07) is 7.01. The van der Waals surface area contributed by atoms with Crippen molar-refractivity contribution >= 4 is 50.8 Å². The van der Waals surface area contributed by atoms with Gasteiger partial charge in [0.1, 0.15) is 29.2 Å². The van der Waals surface area contributed by atoms with Crippen LogP contribution in [-0.4, -0.2) is 65.8 Å². The number of nitrogens with zero attached hydrogens (tertiary/aromatic N) is 4. The third kappa shape index (κ3) is 5.09. The molecule has 1 saturated heterocycles. The number of aliphatic imine (C=N–C) groups is 2. The molecule has 2 aromatic rings. The van der Waals surface area contributed by atoms with Gasteiger partial charge in [-0.1, -0.05) is 35.0 Å². The molecular weight excluding hydrogens is 550 g/mol. The summed E-state index contributed by atoms with van der Waals surface area (Å²) in [5, 5.41) is 16.6. The minimum atomic E-state index is -3.51. The van der Waals surface area contributed by atoms with Gasteiger partial charge in [-0.15, -0.1) is 0 Å². The van der Waals surface area contributed by atoms with E-state index in [9.17, 15) is 23.1 Å². The number of nitrogens with one attached hydrogen (secondary N) is 1. The molecular formula is C25H20ClN5O7S. The number of aliphatic carboxylic acids is 1. The van der Waals surface area contributed by atoms with Crippen LogP contribution < -0.4 is 5.32 Å². The van der Waals surface area contributed by atoms with E-state index in [2.05, 4.69) is 32.3 Å². The number of carboxylic acid groups (broad SMARTS) is 1. The molecule has 0 spiro atoms. The maximum Gasteiger partial charge on any atom is 0.412 e. The van der Waals surface area contributed by atoms with Crippen LogP contribution in [0.2, 0.25) is 5.02 Å². The van der Waals surface area contributed by atoms with Gasteiger partial charge in [-0.05, 0) is 30.9 Å². The molecule has 12 nitrogen and oxygen atoms in total. The first-order chi connectivity index (χ1) is 18.5. The molecule has 1 aromatic carbocycles. The van der Waals surface area contributed by atoms with E-state index in [1.807, 2.05) is 0 Å². The van der Waals surface area contributed by atoms with Crippen molar-refractivity contribution in [1.82, 2.24) is 9.46 Å². The lowest BCUT2D eigenvalue weighted by molar-refractivity contribution is -0.152. The van der Waals surface area contributed by atoms with Gasteiger partial charge in [-0.2, -0.15) is 4.31 Å². The van der Waals surface area contributed by atoms with Crippen molar-refractivity contribution in [3.63, 3.8) is 0 Å². The Kier molecular flexibility index (Phi) is 6.63. The lowest BCUT2D eigenvalue weighted by Crippen LogP contribution is -2.62. The minimum Gasteiger partial charge on any atom is -0.480 e. The van der Waals surface area contributed by atoms with E-state index in [1.165, 1.54) is 12.3 Å². The standard InChI is InChI=1S/C25H20ClN5O7S/c1-14(16-5-3-4-6-17(16)26)38-24(34)29-21-11-37-30-18(21)8-7-15-9-19-20(27-15)10-22(28-19)25(23(32)33)12-31(13-25)39(2,35)36/h3-6,9-11,14H,12-13H2,1-2H3,(H,29,34)(H,32,33). The van der Waals surface area contributed by atoms with E-state index in [1.54, 1.807) is 37.3 Å². The number of anilines is 1. The van der Waals surface area contributed by atoms with E-state index >= 15 is 0 Å². The number of carbonyl (C=O) groups excluding carboxylic acids is 1. The van der Waals surface area contributed by atoms with Crippen molar-refractivity contribution in [2.75, 3.05) is 24.7 Å². The smallest absolute Gasteiger partial charge is 0.412 e. The second kappa shape index (κ2) is 9.81. The molecule has 4 heterocycles. The molecule has 1 unspecified atom stereocenters. The first kappa shape index (κ1) is 26.4. The number of carbonyl (C=O) groups is 2. The zero-order valence-corrected chi connectivity index (χ0v) is 22.1. The number of fused-ring (bicyclic) bond motifs is 1. The fraction of sp³-hybridized carbons (Fsp3) is 0.240. The molecule has 5 rings (SSSR count). The van der Waals surface area contributed by atoms with Crippen LogP contribution in [0.15, 0.2) is 68.6 Å². The first-order valence-electron chi connectivity index (χ1n) is 11.4. The summed E-state index contributed by atoms with van der Waals surface area (Å²) in [5.41, 5.74) is 0.950. The van der Waals surface area contributed by atoms with Gasteiger partial charge in [0.25, 0.3) is 0 Å². The topological polar surface area (TPSA) is 164 Å². The van der Waals surface area contributed by atoms with Crippen LogP contribution in [0.25, 0.3) is 0 Å². The molecule has 0 aliphatic carbocycles. The molecule has 14 heteroatoms. The molecule has 200 valence electrons. The predicted molar refractivity (Wildman–Crippen MR) is 141 cm³/mol. The van der Waals surface area contributed by atoms with Gasteiger partial charge in [0, 0.05) is 29.8 Å². The number of allylic oxidation sites excluding steroid dienone is 3. The quantitative estimate of drug-likeness (QED) is 0.501. The highest BCUT2D eigenvalue weighted by Gasteiger charge is 2.56. The number of amides is 1. The van der Waals surface area contributed by atoms with Crippen molar-refractivity contribution in [2.45, 2.75) is 13.0 Å². The van der Waals surface area contributed by atoms with E-state index in [0.717, 1.165) is 10.6 Å². The van der Waals surface area contributed by atoms with Gasteiger partial charge < -0.3 is 14.4 Å². The lowest BCUT2D eigenvalue weighted by Gasteiger charge is -2.45. The van der Waals surface area contributed by atoms with E-state index in [-0.39, 0.29) is 30.2 Å². The largest absolute Gasteiger partial charge is 0.480 e. The SMILES string of the molecule is CC(OC(=O)Nc1conc1C#CC1=CC2=NC(C3(C(=O)O)CN(S(C)(=O)=O)C3)=CC2=N1)c1ccccc1Cl. The molecule has 0 bridgehead atoms. The number of ether oxygens (including phenoxy) is 1. The van der Waals surface area contributed by atoms with Gasteiger partial charge >= 0.3 is 12.1 Å². The van der Waals surface area contributed by atoms with Crippen LogP contribution in [0.3, 0.4) is 0 Å². The normalized spacial score (nSPS) is 18.3. The molecule has 1 amide bonds. The molecule has 3 aliphatic rings. The fourth-order valence-electron chi connectivity index (χ4n) is 4.12. The molecule has 0 saturated carbocycles. The van der Waals surface area contributed by atoms with Gasteiger partial charge in [-0.25, -0.2) is 23.2 Å². The molecule has 3 aliphatic heterocycles. The summed E-state index contributed by atoms with van der Waals surface area (Å²) in [6.45, 7) is 1.29. The zero-order chi connectivity index (χ0) is 27.9. The average Bonchev–Trinajstić information content (AvgIpc) is 3.51. The van der Waals surface area contributed by atoms with Crippen LogP contribution in [0.1, 0.15) is 24.3 Å². The summed E-state index contributed by atoms with van der Waals surface area (Å²) in [5.74, 6) is 4.41. The minimum absolute atomic E-state index is 0.133. The van der Waals surface area contributed by atoms with Crippen molar-refractivity contribution in [1.29, 1.82) is 0 Å². The van der Waals surface area contributed by atoms with E-state index in [4.69, 9.17) is 20.9 Å².